The third-order valence-corrected chi connectivity index (χ3v) is 4.67. The Kier molecular flexibility index (Phi) is 6.84. The number of carbonyl (C=O) groups is 4. The fraction of sp³-hybridized carbons (Fsp3) is 0.238. The van der Waals surface area contributed by atoms with Gasteiger partial charge in [-0.1, -0.05) is 11.6 Å². The molecule has 1 fully saturated rings. The van der Waals surface area contributed by atoms with Crippen LogP contribution in [-0.4, -0.2) is 49.1 Å². The molecule has 10 nitrogen and oxygen atoms in total. The third kappa shape index (κ3) is 4.92. The van der Waals surface area contributed by atoms with E-state index >= 15 is 0 Å². The van der Waals surface area contributed by atoms with Gasteiger partial charge in [0.05, 0.1) is 20.8 Å². The van der Waals surface area contributed by atoms with Gasteiger partial charge in [0.15, 0.2) is 6.10 Å². The first-order valence-electron chi connectivity index (χ1n) is 9.29. The van der Waals surface area contributed by atoms with Gasteiger partial charge in [0.25, 0.3) is 5.91 Å². The molecular formula is C21H19ClN2O8. The quantitative estimate of drug-likeness (QED) is 0.378. The van der Waals surface area contributed by atoms with E-state index in [1.54, 1.807) is 6.07 Å². The van der Waals surface area contributed by atoms with Crippen molar-refractivity contribution in [1.82, 2.24) is 10.2 Å². The monoisotopic (exact) mass is 462 g/mol. The summed E-state index contributed by atoms with van der Waals surface area (Å²) in [5, 5.41) is 2.83. The molecule has 1 aromatic carbocycles. The summed E-state index contributed by atoms with van der Waals surface area (Å²) in [6.07, 6.45) is 0.472. The second-order valence-electron chi connectivity index (χ2n) is 6.60. The first kappa shape index (κ1) is 22.9. The molecule has 1 atom stereocenters. The molecule has 0 radical (unpaired) electrons. The highest BCUT2D eigenvalue weighted by atomic mass is 35.5. The van der Waals surface area contributed by atoms with Crippen LogP contribution in [-0.2, 0) is 25.6 Å². The van der Waals surface area contributed by atoms with Crippen molar-refractivity contribution in [3.05, 3.63) is 58.1 Å². The van der Waals surface area contributed by atoms with Gasteiger partial charge in [-0.05, 0) is 43.3 Å². The summed E-state index contributed by atoms with van der Waals surface area (Å²) in [6.45, 7) is 1.31. The predicted molar refractivity (Wildman–Crippen MR) is 111 cm³/mol. The number of hydrogen-bond donors (Lipinski definition) is 1. The third-order valence-electron chi connectivity index (χ3n) is 4.43. The first-order chi connectivity index (χ1) is 15.2. The predicted octanol–water partition coefficient (Wildman–Crippen LogP) is 2.75. The zero-order chi connectivity index (χ0) is 23.4. The van der Waals surface area contributed by atoms with Crippen LogP contribution in [0, 0.1) is 0 Å². The highest BCUT2D eigenvalue weighted by Gasteiger charge is 2.34. The van der Waals surface area contributed by atoms with Crippen LogP contribution in [0.5, 0.6) is 5.75 Å². The molecule has 3 amide bonds. The standard InChI is InChI=1S/C21H19ClN2O8/c1-11(19(26)29-2)31-16-6-4-13(22)8-12(16)9-15-18(25)24(21(28)23-15)10-14-5-7-17(32-14)20(27)30-3/h4-9,11H,10H2,1-3H3,(H,23,28)/b15-9-/t11-/m0/s1. The summed E-state index contributed by atoms with van der Waals surface area (Å²) in [4.78, 5) is 49.2. The summed E-state index contributed by atoms with van der Waals surface area (Å²) in [5.41, 5.74) is 0.331. The lowest BCUT2D eigenvalue weighted by Crippen LogP contribution is -2.30. The molecule has 0 aliphatic carbocycles. The minimum atomic E-state index is -0.911. The largest absolute Gasteiger partial charge is 0.478 e. The Balaban J connectivity index is 1.82. The Labute approximate surface area is 187 Å². The summed E-state index contributed by atoms with van der Waals surface area (Å²) in [7, 11) is 2.44. The number of ether oxygens (including phenoxy) is 3. The fourth-order valence-electron chi connectivity index (χ4n) is 2.84. The Hall–Kier alpha value is -3.79. The smallest absolute Gasteiger partial charge is 0.373 e. The number of urea groups is 1. The number of methoxy groups -OCH3 is 2. The number of rotatable bonds is 7. The maximum Gasteiger partial charge on any atom is 0.373 e. The summed E-state index contributed by atoms with van der Waals surface area (Å²) in [6, 6.07) is 6.78. The van der Waals surface area contributed by atoms with Crippen molar-refractivity contribution in [2.75, 3.05) is 14.2 Å². The molecule has 2 heterocycles. The minimum Gasteiger partial charge on any atom is -0.478 e. The highest BCUT2D eigenvalue weighted by Crippen LogP contribution is 2.28. The molecule has 0 bridgehead atoms. The summed E-state index contributed by atoms with van der Waals surface area (Å²) < 4.78 is 20.1. The number of esters is 2. The lowest BCUT2D eigenvalue weighted by Gasteiger charge is -2.15. The Morgan fingerprint density at radius 3 is 2.62 bits per heavy atom. The molecule has 3 rings (SSSR count). The molecule has 32 heavy (non-hydrogen) atoms. The van der Waals surface area contributed by atoms with Crippen molar-refractivity contribution in [3.8, 4) is 5.75 Å². The summed E-state index contributed by atoms with van der Waals surface area (Å²) >= 11 is 6.06. The van der Waals surface area contributed by atoms with Gasteiger partial charge in [-0.25, -0.2) is 14.4 Å². The maximum absolute atomic E-state index is 12.8. The van der Waals surface area contributed by atoms with Crippen LogP contribution >= 0.6 is 11.6 Å². The number of hydrogen-bond acceptors (Lipinski definition) is 8. The number of nitrogens with zero attached hydrogens (tertiary/aromatic N) is 1. The number of benzene rings is 1. The molecule has 11 heteroatoms. The molecule has 0 spiro atoms. The van der Waals surface area contributed by atoms with Crippen LogP contribution in [0.1, 0.15) is 28.8 Å². The second-order valence-corrected chi connectivity index (χ2v) is 7.04. The SMILES string of the molecule is COC(=O)c1ccc(CN2C(=O)N/C(=C\c3cc(Cl)ccc3O[C@@H](C)C(=O)OC)C2=O)o1. The van der Waals surface area contributed by atoms with Crippen LogP contribution in [0.4, 0.5) is 4.79 Å². The van der Waals surface area contributed by atoms with Crippen LogP contribution < -0.4 is 10.1 Å². The van der Waals surface area contributed by atoms with Crippen molar-refractivity contribution in [3.63, 3.8) is 0 Å². The van der Waals surface area contributed by atoms with Crippen LogP contribution in [0.3, 0.4) is 0 Å². The van der Waals surface area contributed by atoms with Gasteiger partial charge in [0.2, 0.25) is 5.76 Å². The zero-order valence-corrected chi connectivity index (χ0v) is 18.1. The first-order valence-corrected chi connectivity index (χ1v) is 9.67. The van der Waals surface area contributed by atoms with Crippen molar-refractivity contribution < 1.29 is 37.8 Å². The van der Waals surface area contributed by atoms with E-state index in [9.17, 15) is 19.2 Å². The molecule has 1 aromatic heterocycles. The number of halogens is 1. The Morgan fingerprint density at radius 1 is 1.19 bits per heavy atom. The van der Waals surface area contributed by atoms with E-state index in [1.807, 2.05) is 0 Å². The molecule has 0 unspecified atom stereocenters. The molecule has 1 aliphatic rings. The fourth-order valence-corrected chi connectivity index (χ4v) is 3.02. The maximum atomic E-state index is 12.8. The van der Waals surface area contributed by atoms with Gasteiger partial charge in [-0.15, -0.1) is 0 Å². The molecule has 2 aromatic rings. The van der Waals surface area contributed by atoms with Gasteiger partial charge in [0.1, 0.15) is 17.2 Å². The van der Waals surface area contributed by atoms with Gasteiger partial charge in [0, 0.05) is 10.6 Å². The van der Waals surface area contributed by atoms with Gasteiger partial charge in [-0.3, -0.25) is 9.69 Å². The van der Waals surface area contributed by atoms with Gasteiger partial charge in [-0.2, -0.15) is 0 Å². The van der Waals surface area contributed by atoms with E-state index in [1.165, 1.54) is 51.5 Å². The molecular weight excluding hydrogens is 444 g/mol. The summed E-state index contributed by atoms with van der Waals surface area (Å²) in [5.74, 6) is -1.46. The second kappa shape index (κ2) is 9.56. The van der Waals surface area contributed by atoms with Crippen molar-refractivity contribution >= 4 is 41.6 Å². The van der Waals surface area contributed by atoms with E-state index in [2.05, 4.69) is 14.8 Å². The van der Waals surface area contributed by atoms with Gasteiger partial charge >= 0.3 is 18.0 Å². The number of imide groups is 1. The Morgan fingerprint density at radius 2 is 1.94 bits per heavy atom. The molecule has 0 saturated carbocycles. The number of furan rings is 1. The normalized spacial score (nSPS) is 15.5. The minimum absolute atomic E-state index is 0.0346. The van der Waals surface area contributed by atoms with Crippen LogP contribution in [0.25, 0.3) is 6.08 Å². The molecule has 168 valence electrons. The van der Waals surface area contributed by atoms with E-state index in [0.717, 1.165) is 4.90 Å². The number of amides is 3. The van der Waals surface area contributed by atoms with Crippen molar-refractivity contribution in [2.45, 2.75) is 19.6 Å². The highest BCUT2D eigenvalue weighted by molar-refractivity contribution is 6.30. The van der Waals surface area contributed by atoms with E-state index in [-0.39, 0.29) is 29.5 Å². The Bertz CT molecular complexity index is 1110. The molecule has 1 aliphatic heterocycles. The van der Waals surface area contributed by atoms with E-state index in [0.29, 0.717) is 10.6 Å². The van der Waals surface area contributed by atoms with Crippen molar-refractivity contribution in [1.29, 1.82) is 0 Å². The average Bonchev–Trinajstić information content (AvgIpc) is 3.34. The number of carbonyl (C=O) groups excluding carboxylic acids is 4. The lowest BCUT2D eigenvalue weighted by atomic mass is 10.1. The molecule has 1 N–H and O–H groups in total. The van der Waals surface area contributed by atoms with E-state index in [4.69, 9.17) is 20.8 Å². The van der Waals surface area contributed by atoms with Crippen molar-refractivity contribution in [2.24, 2.45) is 0 Å². The number of nitrogens with one attached hydrogen (secondary N) is 1. The average molecular weight is 463 g/mol. The lowest BCUT2D eigenvalue weighted by molar-refractivity contribution is -0.147. The van der Waals surface area contributed by atoms with Crippen LogP contribution in [0.2, 0.25) is 5.02 Å². The van der Waals surface area contributed by atoms with Gasteiger partial charge < -0.3 is 23.9 Å². The molecule has 1 saturated heterocycles. The van der Waals surface area contributed by atoms with E-state index < -0.39 is 30.0 Å². The zero-order valence-electron chi connectivity index (χ0n) is 17.3. The topological polar surface area (TPSA) is 124 Å². The van der Waals surface area contributed by atoms with Crippen LogP contribution in [0.15, 0.2) is 40.4 Å².